The Labute approximate surface area is 125 Å². The molecule has 2 rings (SSSR count). The van der Waals surface area contributed by atoms with Crippen molar-refractivity contribution >= 4 is 6.29 Å². The van der Waals surface area contributed by atoms with E-state index in [2.05, 4.69) is 24.7 Å². The molecule has 1 aliphatic carbocycles. The van der Waals surface area contributed by atoms with Crippen molar-refractivity contribution < 1.29 is 9.53 Å². The molecule has 20 heavy (non-hydrogen) atoms. The smallest absolute Gasteiger partial charge is 0.150 e. The van der Waals surface area contributed by atoms with Gasteiger partial charge in [-0.3, -0.25) is 4.79 Å². The van der Waals surface area contributed by atoms with Crippen LogP contribution in [0.3, 0.4) is 0 Å². The SMILES string of the molecule is CC.CCC.COC.O=Cc1ccc2c(c1)CCCC2. The second-order valence-electron chi connectivity index (χ2n) is 4.47. The first kappa shape index (κ1) is 21.2. The van der Waals surface area contributed by atoms with Crippen LogP contribution in [-0.4, -0.2) is 20.5 Å². The fraction of sp³-hybridized carbons (Fsp3) is 0.611. The molecule has 0 unspecified atom stereocenters. The van der Waals surface area contributed by atoms with Crippen LogP contribution in [-0.2, 0) is 17.6 Å². The maximum atomic E-state index is 10.5. The molecule has 0 fully saturated rings. The van der Waals surface area contributed by atoms with Gasteiger partial charge in [-0.2, -0.15) is 0 Å². The summed E-state index contributed by atoms with van der Waals surface area (Å²) in [6, 6.07) is 6.04. The summed E-state index contributed by atoms with van der Waals surface area (Å²) in [6.45, 7) is 8.25. The molecule has 0 amide bonds. The molecule has 0 bridgehead atoms. The van der Waals surface area contributed by atoms with Crippen LogP contribution in [0.4, 0.5) is 0 Å². The molecule has 0 spiro atoms. The molecule has 0 aromatic heterocycles. The van der Waals surface area contributed by atoms with Crippen LogP contribution in [0, 0.1) is 0 Å². The fourth-order valence-electron chi connectivity index (χ4n) is 1.83. The van der Waals surface area contributed by atoms with Gasteiger partial charge in [-0.1, -0.05) is 46.2 Å². The molecule has 0 saturated heterocycles. The molecule has 1 aliphatic rings. The molecule has 0 heterocycles. The van der Waals surface area contributed by atoms with Gasteiger partial charge in [-0.05, 0) is 42.9 Å². The second-order valence-corrected chi connectivity index (χ2v) is 4.47. The molecule has 0 aliphatic heterocycles. The normalized spacial score (nSPS) is 11.3. The van der Waals surface area contributed by atoms with Crippen LogP contribution in [0.5, 0.6) is 0 Å². The van der Waals surface area contributed by atoms with Crippen LogP contribution in [0.25, 0.3) is 0 Å². The molecular weight excluding hydrogens is 248 g/mol. The number of aryl methyl sites for hydroxylation is 2. The van der Waals surface area contributed by atoms with E-state index in [0.717, 1.165) is 18.3 Å². The topological polar surface area (TPSA) is 26.3 Å². The highest BCUT2D eigenvalue weighted by atomic mass is 16.4. The van der Waals surface area contributed by atoms with Gasteiger partial charge < -0.3 is 4.74 Å². The van der Waals surface area contributed by atoms with Crippen molar-refractivity contribution in [1.29, 1.82) is 0 Å². The van der Waals surface area contributed by atoms with Gasteiger partial charge in [0.05, 0.1) is 0 Å². The molecule has 0 N–H and O–H groups in total. The zero-order chi connectivity index (χ0) is 15.8. The van der Waals surface area contributed by atoms with E-state index in [1.54, 1.807) is 14.2 Å². The summed E-state index contributed by atoms with van der Waals surface area (Å²) in [5, 5.41) is 0. The number of rotatable bonds is 1. The Balaban J connectivity index is 0. The highest BCUT2D eigenvalue weighted by Gasteiger charge is 2.08. The molecule has 116 valence electrons. The lowest BCUT2D eigenvalue weighted by atomic mass is 9.91. The second kappa shape index (κ2) is 15.9. The van der Waals surface area contributed by atoms with Gasteiger partial charge in [0.2, 0.25) is 0 Å². The Morgan fingerprint density at radius 1 is 1.05 bits per heavy atom. The van der Waals surface area contributed by atoms with Gasteiger partial charge in [0.1, 0.15) is 6.29 Å². The molecule has 2 nitrogen and oxygen atoms in total. The van der Waals surface area contributed by atoms with E-state index in [0.29, 0.717) is 0 Å². The minimum atomic E-state index is 0.815. The minimum absolute atomic E-state index is 0.815. The third-order valence-electron chi connectivity index (χ3n) is 2.51. The monoisotopic (exact) mass is 280 g/mol. The number of aldehydes is 1. The Morgan fingerprint density at radius 3 is 1.95 bits per heavy atom. The summed E-state index contributed by atoms with van der Waals surface area (Å²) in [6.07, 6.45) is 7.09. The summed E-state index contributed by atoms with van der Waals surface area (Å²) in [5.74, 6) is 0. The molecule has 1 aromatic carbocycles. The lowest BCUT2D eigenvalue weighted by Crippen LogP contribution is -2.02. The van der Waals surface area contributed by atoms with E-state index in [1.807, 2.05) is 26.0 Å². The van der Waals surface area contributed by atoms with E-state index >= 15 is 0 Å². The predicted molar refractivity (Wildman–Crippen MR) is 88.7 cm³/mol. The van der Waals surface area contributed by atoms with E-state index in [4.69, 9.17) is 0 Å². The van der Waals surface area contributed by atoms with Gasteiger partial charge in [-0.25, -0.2) is 0 Å². The number of hydrogen-bond acceptors (Lipinski definition) is 2. The van der Waals surface area contributed by atoms with Gasteiger partial charge in [-0.15, -0.1) is 0 Å². The van der Waals surface area contributed by atoms with Gasteiger partial charge >= 0.3 is 0 Å². The van der Waals surface area contributed by atoms with Crippen molar-refractivity contribution in [2.75, 3.05) is 14.2 Å². The molecule has 0 radical (unpaired) electrons. The zero-order valence-electron chi connectivity index (χ0n) is 14.2. The van der Waals surface area contributed by atoms with E-state index in [9.17, 15) is 4.79 Å². The predicted octanol–water partition coefficient (Wildman–Crippen LogP) is 5.08. The standard InChI is InChI=1S/C11H12O.C3H8.C2H6O.C2H6/c12-8-9-5-6-10-3-1-2-4-11(10)7-9;2*1-3-2;1-2/h5-8H,1-4H2;3H2,1-2H3;1-2H3;1-2H3. The summed E-state index contributed by atoms with van der Waals surface area (Å²) in [5.41, 5.74) is 3.63. The largest absolute Gasteiger partial charge is 0.388 e. The van der Waals surface area contributed by atoms with Gasteiger partial charge in [0.25, 0.3) is 0 Å². The molecule has 0 saturated carbocycles. The fourth-order valence-corrected chi connectivity index (χ4v) is 1.83. The summed E-state index contributed by atoms with van der Waals surface area (Å²) in [7, 11) is 3.25. The maximum absolute atomic E-state index is 10.5. The minimum Gasteiger partial charge on any atom is -0.388 e. The van der Waals surface area contributed by atoms with Crippen molar-refractivity contribution in [2.45, 2.75) is 59.8 Å². The zero-order valence-corrected chi connectivity index (χ0v) is 14.2. The van der Waals surface area contributed by atoms with Crippen LogP contribution in [0.1, 0.15) is 68.4 Å². The quantitative estimate of drug-likeness (QED) is 0.670. The van der Waals surface area contributed by atoms with Crippen LogP contribution < -0.4 is 0 Å². The van der Waals surface area contributed by atoms with Crippen LogP contribution >= 0.6 is 0 Å². The van der Waals surface area contributed by atoms with E-state index in [1.165, 1.54) is 36.8 Å². The van der Waals surface area contributed by atoms with Gasteiger partial charge in [0.15, 0.2) is 0 Å². The highest BCUT2D eigenvalue weighted by Crippen LogP contribution is 2.21. The van der Waals surface area contributed by atoms with Crippen LogP contribution in [0.15, 0.2) is 18.2 Å². The molecule has 0 atom stereocenters. The van der Waals surface area contributed by atoms with E-state index < -0.39 is 0 Å². The number of ether oxygens (including phenoxy) is 1. The van der Waals surface area contributed by atoms with Crippen molar-refractivity contribution in [2.24, 2.45) is 0 Å². The Hall–Kier alpha value is -1.15. The summed E-state index contributed by atoms with van der Waals surface area (Å²) in [4.78, 5) is 10.5. The Bertz CT molecular complexity index is 330. The first-order valence-electron chi connectivity index (χ1n) is 7.70. The maximum Gasteiger partial charge on any atom is 0.150 e. The number of fused-ring (bicyclic) bond motifs is 1. The molecule has 1 aromatic rings. The summed E-state index contributed by atoms with van der Waals surface area (Å²) < 4.78 is 4.25. The highest BCUT2D eigenvalue weighted by molar-refractivity contribution is 5.75. The van der Waals surface area contributed by atoms with Crippen molar-refractivity contribution in [3.05, 3.63) is 34.9 Å². The van der Waals surface area contributed by atoms with Crippen LogP contribution in [0.2, 0.25) is 0 Å². The summed E-state index contributed by atoms with van der Waals surface area (Å²) >= 11 is 0. The van der Waals surface area contributed by atoms with Crippen molar-refractivity contribution in [1.82, 2.24) is 0 Å². The third-order valence-corrected chi connectivity index (χ3v) is 2.51. The number of hydrogen-bond donors (Lipinski definition) is 0. The number of carbonyl (C=O) groups is 1. The first-order valence-corrected chi connectivity index (χ1v) is 7.70. The Morgan fingerprint density at radius 2 is 1.50 bits per heavy atom. The third kappa shape index (κ3) is 9.74. The Kier molecular flexibility index (Phi) is 16.8. The average molecular weight is 280 g/mol. The molecular formula is C18H32O2. The van der Waals surface area contributed by atoms with Gasteiger partial charge in [0, 0.05) is 19.8 Å². The lowest BCUT2D eigenvalue weighted by Gasteiger charge is -2.15. The number of methoxy groups -OCH3 is 1. The molecule has 2 heteroatoms. The van der Waals surface area contributed by atoms with E-state index in [-0.39, 0.29) is 0 Å². The van der Waals surface area contributed by atoms with Crippen molar-refractivity contribution in [3.63, 3.8) is 0 Å². The lowest BCUT2D eigenvalue weighted by molar-refractivity contribution is 0.112. The van der Waals surface area contributed by atoms with Crippen molar-refractivity contribution in [3.8, 4) is 0 Å². The average Bonchev–Trinajstić information content (AvgIpc) is 2.50. The number of benzene rings is 1. The number of carbonyl (C=O) groups excluding carboxylic acids is 1. The first-order chi connectivity index (χ1) is 9.73.